The summed E-state index contributed by atoms with van der Waals surface area (Å²) in [4.78, 5) is 14.2. The van der Waals surface area contributed by atoms with E-state index >= 15 is 0 Å². The van der Waals surface area contributed by atoms with E-state index in [1.54, 1.807) is 7.11 Å². The molecule has 1 atom stereocenters. The number of amides is 1. The molecule has 2 aromatic carbocycles. The SMILES string of the molecule is COc1ccc(NC(=O)[C@@H](c2ccccc2)[NH+]2CCOCC2)cc1. The highest BCUT2D eigenvalue weighted by atomic mass is 16.5. The Morgan fingerprint density at radius 1 is 1.08 bits per heavy atom. The summed E-state index contributed by atoms with van der Waals surface area (Å²) in [7, 11) is 1.63. The molecular weight excluding hydrogens is 304 g/mol. The van der Waals surface area contributed by atoms with Gasteiger partial charge in [-0.25, -0.2) is 0 Å². The van der Waals surface area contributed by atoms with E-state index < -0.39 is 0 Å². The van der Waals surface area contributed by atoms with Gasteiger partial charge >= 0.3 is 0 Å². The van der Waals surface area contributed by atoms with Gasteiger partial charge in [-0.05, 0) is 24.3 Å². The Bertz CT molecular complexity index is 652. The van der Waals surface area contributed by atoms with Crippen molar-refractivity contribution in [3.8, 4) is 5.75 Å². The summed E-state index contributed by atoms with van der Waals surface area (Å²) in [5, 5.41) is 3.03. The van der Waals surface area contributed by atoms with Crippen LogP contribution in [0.25, 0.3) is 0 Å². The Hall–Kier alpha value is -2.37. The number of carbonyl (C=O) groups is 1. The molecule has 3 rings (SSSR count). The molecule has 0 spiro atoms. The van der Waals surface area contributed by atoms with Crippen LogP contribution >= 0.6 is 0 Å². The number of ether oxygens (including phenoxy) is 2. The van der Waals surface area contributed by atoms with Gasteiger partial charge in [0.2, 0.25) is 0 Å². The number of rotatable bonds is 5. The molecule has 0 radical (unpaired) electrons. The van der Waals surface area contributed by atoms with Crippen molar-refractivity contribution in [2.75, 3.05) is 38.7 Å². The molecule has 0 aromatic heterocycles. The molecule has 2 N–H and O–H groups in total. The fourth-order valence-electron chi connectivity index (χ4n) is 3.03. The third-order valence-electron chi connectivity index (χ3n) is 4.30. The molecule has 1 aliphatic rings. The molecular formula is C19H23N2O3+. The first-order chi connectivity index (χ1) is 11.8. The fraction of sp³-hybridized carbons (Fsp3) is 0.316. The van der Waals surface area contributed by atoms with E-state index in [-0.39, 0.29) is 11.9 Å². The van der Waals surface area contributed by atoms with E-state index in [2.05, 4.69) is 5.32 Å². The number of quaternary nitrogens is 1. The van der Waals surface area contributed by atoms with Gasteiger partial charge < -0.3 is 19.7 Å². The summed E-state index contributed by atoms with van der Waals surface area (Å²) in [6.45, 7) is 3.04. The van der Waals surface area contributed by atoms with Crippen LogP contribution in [0.3, 0.4) is 0 Å². The smallest absolute Gasteiger partial charge is 0.287 e. The number of benzene rings is 2. The van der Waals surface area contributed by atoms with Crippen LogP contribution < -0.4 is 15.0 Å². The van der Waals surface area contributed by atoms with Crippen LogP contribution in [0.4, 0.5) is 5.69 Å². The second-order valence-corrected chi connectivity index (χ2v) is 5.83. The zero-order valence-corrected chi connectivity index (χ0v) is 13.8. The van der Waals surface area contributed by atoms with Crippen molar-refractivity contribution >= 4 is 11.6 Å². The molecule has 0 saturated carbocycles. The molecule has 0 bridgehead atoms. The lowest BCUT2D eigenvalue weighted by molar-refractivity contribution is -0.929. The highest BCUT2D eigenvalue weighted by Gasteiger charge is 2.32. The standard InChI is InChI=1S/C19H22N2O3/c1-23-17-9-7-16(8-10-17)20-19(22)18(15-5-3-2-4-6-15)21-11-13-24-14-12-21/h2-10,18H,11-14H2,1H3,(H,20,22)/p+1/t18-/m1/s1. The molecule has 126 valence electrons. The summed E-state index contributed by atoms with van der Waals surface area (Å²) >= 11 is 0. The number of morpholine rings is 1. The Kier molecular flexibility index (Phi) is 5.46. The van der Waals surface area contributed by atoms with Crippen LogP contribution in [0.2, 0.25) is 0 Å². The minimum Gasteiger partial charge on any atom is -0.497 e. The quantitative estimate of drug-likeness (QED) is 0.870. The van der Waals surface area contributed by atoms with Crippen molar-refractivity contribution in [2.45, 2.75) is 6.04 Å². The van der Waals surface area contributed by atoms with Crippen LogP contribution in [-0.4, -0.2) is 39.3 Å². The van der Waals surface area contributed by atoms with Gasteiger partial charge in [0.05, 0.1) is 20.3 Å². The first-order valence-corrected chi connectivity index (χ1v) is 8.20. The number of hydrogen-bond donors (Lipinski definition) is 2. The van der Waals surface area contributed by atoms with Gasteiger partial charge in [-0.15, -0.1) is 0 Å². The van der Waals surface area contributed by atoms with Crippen molar-refractivity contribution in [3.63, 3.8) is 0 Å². The van der Waals surface area contributed by atoms with E-state index in [9.17, 15) is 4.79 Å². The second kappa shape index (κ2) is 7.95. The Labute approximate surface area is 142 Å². The van der Waals surface area contributed by atoms with Crippen molar-refractivity contribution in [1.29, 1.82) is 0 Å². The lowest BCUT2D eigenvalue weighted by Gasteiger charge is -2.30. The minimum absolute atomic E-state index is 0.00302. The number of methoxy groups -OCH3 is 1. The summed E-state index contributed by atoms with van der Waals surface area (Å²) < 4.78 is 10.6. The first-order valence-electron chi connectivity index (χ1n) is 8.20. The van der Waals surface area contributed by atoms with Crippen LogP contribution in [-0.2, 0) is 9.53 Å². The van der Waals surface area contributed by atoms with Gasteiger partial charge in [0, 0.05) is 11.3 Å². The van der Waals surface area contributed by atoms with E-state index in [1.807, 2.05) is 54.6 Å². The van der Waals surface area contributed by atoms with E-state index in [0.717, 1.165) is 30.1 Å². The molecule has 1 saturated heterocycles. The maximum atomic E-state index is 13.0. The van der Waals surface area contributed by atoms with Crippen LogP contribution in [0, 0.1) is 0 Å². The van der Waals surface area contributed by atoms with Crippen molar-refractivity contribution in [3.05, 3.63) is 60.2 Å². The first kappa shape index (κ1) is 16.5. The third-order valence-corrected chi connectivity index (χ3v) is 4.30. The summed E-state index contributed by atoms with van der Waals surface area (Å²) in [6.07, 6.45) is 0. The molecule has 1 aliphatic heterocycles. The predicted octanol–water partition coefficient (Wildman–Crippen LogP) is 1.29. The van der Waals surface area contributed by atoms with Crippen LogP contribution in [0.1, 0.15) is 11.6 Å². The normalized spacial score (nSPS) is 16.4. The molecule has 5 nitrogen and oxygen atoms in total. The maximum absolute atomic E-state index is 13.0. The Balaban J connectivity index is 1.79. The van der Waals surface area contributed by atoms with Gasteiger partial charge in [-0.2, -0.15) is 0 Å². The summed E-state index contributed by atoms with van der Waals surface area (Å²) in [5.41, 5.74) is 1.80. The monoisotopic (exact) mass is 327 g/mol. The number of carbonyl (C=O) groups excluding carboxylic acids is 1. The van der Waals surface area contributed by atoms with E-state index in [0.29, 0.717) is 13.2 Å². The van der Waals surface area contributed by atoms with Crippen LogP contribution in [0.5, 0.6) is 5.75 Å². The maximum Gasteiger partial charge on any atom is 0.287 e. The van der Waals surface area contributed by atoms with Crippen molar-refractivity contribution < 1.29 is 19.2 Å². The lowest BCUT2D eigenvalue weighted by Crippen LogP contribution is -3.15. The molecule has 1 heterocycles. The highest BCUT2D eigenvalue weighted by Crippen LogP contribution is 2.17. The van der Waals surface area contributed by atoms with Crippen LogP contribution in [0.15, 0.2) is 54.6 Å². The van der Waals surface area contributed by atoms with E-state index in [4.69, 9.17) is 9.47 Å². The average Bonchev–Trinajstić information content (AvgIpc) is 2.64. The van der Waals surface area contributed by atoms with E-state index in [1.165, 1.54) is 4.90 Å². The molecule has 1 amide bonds. The molecule has 1 fully saturated rings. The molecule has 24 heavy (non-hydrogen) atoms. The van der Waals surface area contributed by atoms with Gasteiger partial charge in [0.1, 0.15) is 18.8 Å². The number of anilines is 1. The average molecular weight is 327 g/mol. The van der Waals surface area contributed by atoms with Crippen molar-refractivity contribution in [2.24, 2.45) is 0 Å². The topological polar surface area (TPSA) is 52.0 Å². The number of hydrogen-bond acceptors (Lipinski definition) is 3. The molecule has 5 heteroatoms. The van der Waals surface area contributed by atoms with Gasteiger partial charge in [0.25, 0.3) is 5.91 Å². The fourth-order valence-corrected chi connectivity index (χ4v) is 3.03. The molecule has 0 aliphatic carbocycles. The predicted molar refractivity (Wildman–Crippen MR) is 92.3 cm³/mol. The van der Waals surface area contributed by atoms with Gasteiger partial charge in [0.15, 0.2) is 6.04 Å². The van der Waals surface area contributed by atoms with Gasteiger partial charge in [-0.1, -0.05) is 30.3 Å². The summed E-state index contributed by atoms with van der Waals surface area (Å²) in [6, 6.07) is 17.1. The molecule has 2 aromatic rings. The largest absolute Gasteiger partial charge is 0.497 e. The zero-order valence-electron chi connectivity index (χ0n) is 13.8. The lowest BCUT2D eigenvalue weighted by atomic mass is 10.0. The zero-order chi connectivity index (χ0) is 16.8. The summed E-state index contributed by atoms with van der Waals surface area (Å²) in [5.74, 6) is 0.773. The Morgan fingerprint density at radius 3 is 2.38 bits per heavy atom. The minimum atomic E-state index is -0.239. The van der Waals surface area contributed by atoms with Gasteiger partial charge in [-0.3, -0.25) is 4.79 Å². The third kappa shape index (κ3) is 3.93. The second-order valence-electron chi connectivity index (χ2n) is 5.83. The highest BCUT2D eigenvalue weighted by molar-refractivity contribution is 5.94. The van der Waals surface area contributed by atoms with Crippen molar-refractivity contribution in [1.82, 2.24) is 0 Å². The Morgan fingerprint density at radius 2 is 1.75 bits per heavy atom. The molecule has 0 unspecified atom stereocenters. The number of nitrogens with one attached hydrogen (secondary N) is 2.